The summed E-state index contributed by atoms with van der Waals surface area (Å²) in [5.74, 6) is -0.100. The zero-order valence-electron chi connectivity index (χ0n) is 7.80. The molecule has 78 valence electrons. The molecule has 0 radical (unpaired) electrons. The molecule has 4 heteroatoms. The van der Waals surface area contributed by atoms with E-state index in [-0.39, 0.29) is 23.2 Å². The minimum absolute atomic E-state index is 0.00731. The number of rotatable bonds is 1. The fourth-order valence-electron chi connectivity index (χ4n) is 1.85. The number of hydrogen-bond acceptors (Lipinski definition) is 2. The molecular formula is C11H8Cl2O2. The van der Waals surface area contributed by atoms with Crippen LogP contribution in [0.2, 0.25) is 0 Å². The van der Waals surface area contributed by atoms with E-state index in [2.05, 4.69) is 0 Å². The van der Waals surface area contributed by atoms with Gasteiger partial charge in [0.05, 0.1) is 5.03 Å². The number of aldehydes is 1. The molecule has 0 aromatic rings. The molecule has 0 heterocycles. The molecule has 0 amide bonds. The Morgan fingerprint density at radius 1 is 1.40 bits per heavy atom. The Morgan fingerprint density at radius 3 is 2.80 bits per heavy atom. The fourth-order valence-corrected chi connectivity index (χ4v) is 2.42. The second-order valence-electron chi connectivity index (χ2n) is 3.64. The third-order valence-electron chi connectivity index (χ3n) is 2.64. The van der Waals surface area contributed by atoms with Gasteiger partial charge in [0.2, 0.25) is 0 Å². The van der Waals surface area contributed by atoms with Crippen LogP contribution in [0, 0.1) is 5.92 Å². The smallest absolute Gasteiger partial charge is 0.177 e. The van der Waals surface area contributed by atoms with Crippen molar-refractivity contribution in [3.05, 3.63) is 33.4 Å². The molecule has 2 rings (SSSR count). The van der Waals surface area contributed by atoms with Crippen LogP contribution in [0.4, 0.5) is 0 Å². The normalized spacial score (nSPS) is 25.7. The van der Waals surface area contributed by atoms with E-state index in [1.165, 1.54) is 0 Å². The lowest BCUT2D eigenvalue weighted by Gasteiger charge is -2.25. The average molecular weight is 243 g/mol. The van der Waals surface area contributed by atoms with Crippen LogP contribution in [0.25, 0.3) is 0 Å². The fraction of sp³-hybridized carbons (Fsp3) is 0.273. The first-order valence-corrected chi connectivity index (χ1v) is 5.32. The molecular weight excluding hydrogens is 235 g/mol. The minimum Gasteiger partial charge on any atom is -0.298 e. The molecule has 2 aliphatic rings. The Kier molecular flexibility index (Phi) is 2.81. The van der Waals surface area contributed by atoms with E-state index in [4.69, 9.17) is 23.2 Å². The first kappa shape index (κ1) is 10.7. The van der Waals surface area contributed by atoms with Crippen molar-refractivity contribution < 1.29 is 9.59 Å². The highest BCUT2D eigenvalue weighted by Gasteiger charge is 2.28. The Labute approximate surface area is 97.2 Å². The van der Waals surface area contributed by atoms with Crippen molar-refractivity contribution in [2.24, 2.45) is 5.92 Å². The summed E-state index contributed by atoms with van der Waals surface area (Å²) in [6, 6.07) is 0. The molecule has 0 aromatic carbocycles. The van der Waals surface area contributed by atoms with Gasteiger partial charge in [0.1, 0.15) is 6.29 Å². The van der Waals surface area contributed by atoms with Crippen molar-refractivity contribution in [2.75, 3.05) is 0 Å². The molecule has 0 aliphatic heterocycles. The van der Waals surface area contributed by atoms with Crippen LogP contribution in [0.1, 0.15) is 12.8 Å². The van der Waals surface area contributed by atoms with E-state index in [9.17, 15) is 9.59 Å². The molecule has 0 aromatic heterocycles. The summed E-state index contributed by atoms with van der Waals surface area (Å²) in [7, 11) is 0. The summed E-state index contributed by atoms with van der Waals surface area (Å²) in [6.45, 7) is 0. The summed E-state index contributed by atoms with van der Waals surface area (Å²) in [5, 5.41) is 0.752. The van der Waals surface area contributed by atoms with Gasteiger partial charge in [0.25, 0.3) is 0 Å². The third kappa shape index (κ3) is 1.92. The minimum atomic E-state index is -0.107. The van der Waals surface area contributed by atoms with Crippen molar-refractivity contribution >= 4 is 35.3 Å². The SMILES string of the molecule is O=CC1=CC(Cl)=C2CC(=O)C(Cl)=CC2C1. The van der Waals surface area contributed by atoms with E-state index in [0.29, 0.717) is 17.0 Å². The van der Waals surface area contributed by atoms with Crippen molar-refractivity contribution in [3.63, 3.8) is 0 Å². The molecule has 0 bridgehead atoms. The number of carbonyl (C=O) groups is 2. The molecule has 15 heavy (non-hydrogen) atoms. The van der Waals surface area contributed by atoms with Crippen LogP contribution < -0.4 is 0 Å². The highest BCUT2D eigenvalue weighted by molar-refractivity contribution is 6.43. The number of hydrogen-bond donors (Lipinski definition) is 0. The van der Waals surface area contributed by atoms with Gasteiger partial charge in [0, 0.05) is 17.4 Å². The maximum atomic E-state index is 11.4. The predicted molar refractivity (Wildman–Crippen MR) is 58.7 cm³/mol. The molecule has 0 saturated heterocycles. The summed E-state index contributed by atoms with van der Waals surface area (Å²) in [6.07, 6.45) is 4.94. The summed E-state index contributed by atoms with van der Waals surface area (Å²) in [4.78, 5) is 22.0. The van der Waals surface area contributed by atoms with Crippen molar-refractivity contribution in [3.8, 4) is 0 Å². The van der Waals surface area contributed by atoms with Gasteiger partial charge < -0.3 is 0 Å². The van der Waals surface area contributed by atoms with Gasteiger partial charge in [-0.3, -0.25) is 9.59 Å². The van der Waals surface area contributed by atoms with Gasteiger partial charge in [-0.15, -0.1) is 0 Å². The summed E-state index contributed by atoms with van der Waals surface area (Å²) in [5.41, 5.74) is 1.51. The zero-order chi connectivity index (χ0) is 11.0. The van der Waals surface area contributed by atoms with Gasteiger partial charge in [-0.05, 0) is 23.6 Å². The van der Waals surface area contributed by atoms with E-state index in [1.54, 1.807) is 12.2 Å². The molecule has 0 saturated carbocycles. The van der Waals surface area contributed by atoms with Crippen molar-refractivity contribution in [1.29, 1.82) is 0 Å². The van der Waals surface area contributed by atoms with Crippen LogP contribution in [-0.4, -0.2) is 12.1 Å². The van der Waals surface area contributed by atoms with E-state index in [0.717, 1.165) is 11.9 Å². The molecule has 2 aliphatic carbocycles. The van der Waals surface area contributed by atoms with Gasteiger partial charge >= 0.3 is 0 Å². The van der Waals surface area contributed by atoms with E-state index >= 15 is 0 Å². The van der Waals surface area contributed by atoms with Crippen LogP contribution in [0.15, 0.2) is 33.4 Å². The standard InChI is InChI=1S/C11H8Cl2O2/c12-9-2-6(5-14)1-7-3-10(13)11(15)4-8(7)9/h2-3,5,7H,1,4H2. The van der Waals surface area contributed by atoms with Gasteiger partial charge in [-0.2, -0.15) is 0 Å². The second-order valence-corrected chi connectivity index (χ2v) is 4.45. The summed E-state index contributed by atoms with van der Waals surface area (Å²) >= 11 is 11.8. The third-order valence-corrected chi connectivity index (χ3v) is 3.33. The Bertz CT molecular complexity index is 430. The monoisotopic (exact) mass is 242 g/mol. The van der Waals surface area contributed by atoms with E-state index < -0.39 is 0 Å². The van der Waals surface area contributed by atoms with Crippen molar-refractivity contribution in [1.82, 2.24) is 0 Å². The number of Topliss-reactive ketones (excluding diaryl/α,β-unsaturated/α-hetero) is 1. The molecule has 1 atom stereocenters. The lowest BCUT2D eigenvalue weighted by molar-refractivity contribution is -0.114. The van der Waals surface area contributed by atoms with Crippen LogP contribution >= 0.6 is 23.2 Å². The Hall–Kier alpha value is -0.860. The number of fused-ring (bicyclic) bond motifs is 1. The molecule has 0 spiro atoms. The zero-order valence-corrected chi connectivity index (χ0v) is 9.31. The second kappa shape index (κ2) is 3.95. The Balaban J connectivity index is 2.44. The van der Waals surface area contributed by atoms with Crippen LogP contribution in [0.5, 0.6) is 0 Å². The number of allylic oxidation sites excluding steroid dienone is 6. The molecule has 2 nitrogen and oxygen atoms in total. The maximum absolute atomic E-state index is 11.4. The van der Waals surface area contributed by atoms with E-state index in [1.807, 2.05) is 0 Å². The molecule has 1 unspecified atom stereocenters. The lowest BCUT2D eigenvalue weighted by atomic mass is 9.81. The molecule has 0 fully saturated rings. The van der Waals surface area contributed by atoms with Crippen molar-refractivity contribution in [2.45, 2.75) is 12.8 Å². The average Bonchev–Trinajstić information content (AvgIpc) is 2.21. The number of ketones is 1. The highest BCUT2D eigenvalue weighted by Crippen LogP contribution is 2.38. The topological polar surface area (TPSA) is 34.1 Å². The van der Waals surface area contributed by atoms with Gasteiger partial charge in [0.15, 0.2) is 5.78 Å². The Morgan fingerprint density at radius 2 is 2.13 bits per heavy atom. The number of halogens is 2. The largest absolute Gasteiger partial charge is 0.298 e. The first-order chi connectivity index (χ1) is 7.11. The van der Waals surface area contributed by atoms with Gasteiger partial charge in [-0.1, -0.05) is 29.3 Å². The first-order valence-electron chi connectivity index (χ1n) is 4.56. The molecule has 0 N–H and O–H groups in total. The van der Waals surface area contributed by atoms with Crippen LogP contribution in [0.3, 0.4) is 0 Å². The quantitative estimate of drug-likeness (QED) is 0.663. The van der Waals surface area contributed by atoms with Crippen LogP contribution in [-0.2, 0) is 9.59 Å². The van der Waals surface area contributed by atoms with Gasteiger partial charge in [-0.25, -0.2) is 0 Å². The lowest BCUT2D eigenvalue weighted by Crippen LogP contribution is -2.18. The number of carbonyl (C=O) groups excluding carboxylic acids is 2. The summed E-state index contributed by atoms with van der Waals surface area (Å²) < 4.78 is 0. The predicted octanol–water partition coefficient (Wildman–Crippen LogP) is 2.72. The highest BCUT2D eigenvalue weighted by atomic mass is 35.5. The maximum Gasteiger partial charge on any atom is 0.177 e.